The molecule has 3 heterocycles. The summed E-state index contributed by atoms with van der Waals surface area (Å²) < 4.78 is 5.25. The number of anilines is 1. The summed E-state index contributed by atoms with van der Waals surface area (Å²) in [6.07, 6.45) is 1.62. The summed E-state index contributed by atoms with van der Waals surface area (Å²) in [5.41, 5.74) is 2.78. The maximum absolute atomic E-state index is 12.2. The van der Waals surface area contributed by atoms with Gasteiger partial charge in [-0.15, -0.1) is 22.7 Å². The lowest BCUT2D eigenvalue weighted by atomic mass is 10.1. The first kappa shape index (κ1) is 18.5. The Kier molecular flexibility index (Phi) is 5.59. The molecule has 0 radical (unpaired) electrons. The Hall–Kier alpha value is -2.84. The number of aromatic nitrogens is 3. The molecule has 1 amide bonds. The van der Waals surface area contributed by atoms with E-state index in [0.717, 1.165) is 26.8 Å². The van der Waals surface area contributed by atoms with Crippen LogP contribution in [0.1, 0.15) is 23.7 Å². The van der Waals surface area contributed by atoms with Crippen LogP contribution >= 0.6 is 22.7 Å². The van der Waals surface area contributed by atoms with E-state index in [-0.39, 0.29) is 5.91 Å². The number of rotatable bonds is 7. The van der Waals surface area contributed by atoms with E-state index in [4.69, 9.17) is 4.52 Å². The summed E-state index contributed by atoms with van der Waals surface area (Å²) >= 11 is 3.19. The number of hydrogen-bond donors (Lipinski definition) is 1. The van der Waals surface area contributed by atoms with Crippen molar-refractivity contribution in [3.8, 4) is 22.0 Å². The second-order valence-corrected chi connectivity index (χ2v) is 8.23. The molecule has 0 aliphatic carbocycles. The topological polar surface area (TPSA) is 80.9 Å². The lowest BCUT2D eigenvalue weighted by Crippen LogP contribution is -2.11. The molecule has 0 fully saturated rings. The number of hydrogen-bond acceptors (Lipinski definition) is 7. The summed E-state index contributed by atoms with van der Waals surface area (Å²) in [5.74, 6) is 1.12. The van der Waals surface area contributed by atoms with E-state index in [2.05, 4.69) is 20.4 Å². The third-order valence-electron chi connectivity index (χ3n) is 4.09. The van der Waals surface area contributed by atoms with Crippen LogP contribution < -0.4 is 5.32 Å². The van der Waals surface area contributed by atoms with Gasteiger partial charge in [0.05, 0.1) is 15.6 Å². The number of carbonyl (C=O) groups is 1. The Labute approximate surface area is 170 Å². The number of nitrogens with zero attached hydrogens (tertiary/aromatic N) is 3. The molecule has 0 aliphatic heterocycles. The fourth-order valence-electron chi connectivity index (χ4n) is 2.71. The van der Waals surface area contributed by atoms with Crippen molar-refractivity contribution >= 4 is 34.3 Å². The van der Waals surface area contributed by atoms with Crippen LogP contribution in [-0.4, -0.2) is 21.0 Å². The fraction of sp³-hybridized carbons (Fsp3) is 0.200. The number of nitrogens with one attached hydrogen (secondary N) is 1. The van der Waals surface area contributed by atoms with Crippen LogP contribution in [0.4, 0.5) is 5.69 Å². The largest absolute Gasteiger partial charge is 0.339 e. The molecular weight excluding hydrogens is 392 g/mol. The normalized spacial score (nSPS) is 10.9. The highest BCUT2D eigenvalue weighted by Gasteiger charge is 2.10. The average Bonchev–Trinajstić information content (AvgIpc) is 3.44. The zero-order valence-corrected chi connectivity index (χ0v) is 16.8. The van der Waals surface area contributed by atoms with Crippen LogP contribution in [0.25, 0.3) is 22.0 Å². The van der Waals surface area contributed by atoms with E-state index in [9.17, 15) is 4.79 Å². The van der Waals surface area contributed by atoms with Crippen molar-refractivity contribution in [2.24, 2.45) is 0 Å². The lowest BCUT2D eigenvalue weighted by molar-refractivity contribution is -0.116. The predicted molar refractivity (Wildman–Crippen MR) is 111 cm³/mol. The first-order valence-corrected chi connectivity index (χ1v) is 10.6. The van der Waals surface area contributed by atoms with Gasteiger partial charge in [-0.25, -0.2) is 4.98 Å². The Bertz CT molecular complexity index is 1050. The van der Waals surface area contributed by atoms with E-state index in [1.165, 1.54) is 0 Å². The molecule has 0 bridgehead atoms. The van der Waals surface area contributed by atoms with E-state index in [0.29, 0.717) is 31.0 Å². The third-order valence-corrected chi connectivity index (χ3v) is 5.73. The van der Waals surface area contributed by atoms with Crippen molar-refractivity contribution in [3.63, 3.8) is 0 Å². The minimum Gasteiger partial charge on any atom is -0.339 e. The Morgan fingerprint density at radius 1 is 1.14 bits per heavy atom. The van der Waals surface area contributed by atoms with Crippen molar-refractivity contribution in [2.45, 2.75) is 26.2 Å². The number of carbonyl (C=O) groups excluding carboxylic acids is 1. The van der Waals surface area contributed by atoms with E-state index < -0.39 is 0 Å². The standard InChI is InChI=1S/C20H18N4O2S2/c1-13-21-16(12-28-13)14-7-9-15(10-8-14)22-18(25)5-2-6-19-23-20(24-26-19)17-4-3-11-27-17/h3-4,7-12H,2,5-6H2,1H3,(H,22,25). The van der Waals surface area contributed by atoms with E-state index in [1.54, 1.807) is 22.7 Å². The van der Waals surface area contributed by atoms with Crippen molar-refractivity contribution in [3.05, 3.63) is 58.1 Å². The highest BCUT2D eigenvalue weighted by Crippen LogP contribution is 2.23. The number of thiazole rings is 1. The quantitative estimate of drug-likeness (QED) is 0.453. The van der Waals surface area contributed by atoms with Crippen LogP contribution in [0.15, 0.2) is 51.7 Å². The number of thiophene rings is 1. The van der Waals surface area contributed by atoms with Gasteiger partial charge in [0, 0.05) is 29.5 Å². The van der Waals surface area contributed by atoms with Crippen molar-refractivity contribution < 1.29 is 9.32 Å². The van der Waals surface area contributed by atoms with Gasteiger partial charge in [0.25, 0.3) is 0 Å². The maximum atomic E-state index is 12.2. The molecule has 6 nitrogen and oxygen atoms in total. The molecule has 0 atom stereocenters. The zero-order valence-electron chi connectivity index (χ0n) is 15.2. The molecular formula is C20H18N4O2S2. The average molecular weight is 411 g/mol. The van der Waals surface area contributed by atoms with Crippen LogP contribution in [0.2, 0.25) is 0 Å². The van der Waals surface area contributed by atoms with Gasteiger partial charge in [-0.05, 0) is 36.9 Å². The second kappa shape index (κ2) is 8.45. The van der Waals surface area contributed by atoms with Gasteiger partial charge in [-0.2, -0.15) is 4.98 Å². The highest BCUT2D eigenvalue weighted by molar-refractivity contribution is 7.13. The van der Waals surface area contributed by atoms with Gasteiger partial charge in [-0.1, -0.05) is 23.4 Å². The van der Waals surface area contributed by atoms with Crippen LogP contribution in [0.5, 0.6) is 0 Å². The molecule has 1 N–H and O–H groups in total. The van der Waals surface area contributed by atoms with Gasteiger partial charge in [-0.3, -0.25) is 4.79 Å². The lowest BCUT2D eigenvalue weighted by Gasteiger charge is -2.05. The van der Waals surface area contributed by atoms with Gasteiger partial charge >= 0.3 is 0 Å². The first-order valence-electron chi connectivity index (χ1n) is 8.86. The van der Waals surface area contributed by atoms with E-state index in [1.807, 2.05) is 54.1 Å². The van der Waals surface area contributed by atoms with Gasteiger partial charge < -0.3 is 9.84 Å². The molecule has 0 saturated heterocycles. The minimum atomic E-state index is -0.0322. The molecule has 28 heavy (non-hydrogen) atoms. The number of benzene rings is 1. The predicted octanol–water partition coefficient (Wildman–Crippen LogP) is 5.19. The minimum absolute atomic E-state index is 0.0322. The summed E-state index contributed by atoms with van der Waals surface area (Å²) in [7, 11) is 0. The van der Waals surface area contributed by atoms with Crippen LogP contribution in [-0.2, 0) is 11.2 Å². The van der Waals surface area contributed by atoms with Gasteiger partial charge in [0.15, 0.2) is 0 Å². The van der Waals surface area contributed by atoms with Crippen molar-refractivity contribution in [2.75, 3.05) is 5.32 Å². The monoisotopic (exact) mass is 410 g/mol. The summed E-state index contributed by atoms with van der Waals surface area (Å²) in [6, 6.07) is 11.6. The Balaban J connectivity index is 1.25. The molecule has 4 rings (SSSR count). The zero-order chi connectivity index (χ0) is 19.3. The van der Waals surface area contributed by atoms with Crippen LogP contribution in [0, 0.1) is 6.92 Å². The summed E-state index contributed by atoms with van der Waals surface area (Å²) in [6.45, 7) is 1.99. The highest BCUT2D eigenvalue weighted by atomic mass is 32.1. The Morgan fingerprint density at radius 3 is 2.71 bits per heavy atom. The maximum Gasteiger partial charge on any atom is 0.226 e. The molecule has 8 heteroatoms. The molecule has 0 aliphatic rings. The molecule has 0 unspecified atom stereocenters. The SMILES string of the molecule is Cc1nc(-c2ccc(NC(=O)CCCc3nc(-c4cccs4)no3)cc2)cs1. The third kappa shape index (κ3) is 4.52. The summed E-state index contributed by atoms with van der Waals surface area (Å²) in [4.78, 5) is 22.0. The molecule has 4 aromatic rings. The molecule has 0 saturated carbocycles. The molecule has 142 valence electrons. The first-order chi connectivity index (χ1) is 13.7. The summed E-state index contributed by atoms with van der Waals surface area (Å²) in [5, 5.41) is 11.9. The van der Waals surface area contributed by atoms with Gasteiger partial charge in [0.1, 0.15) is 0 Å². The second-order valence-electron chi connectivity index (χ2n) is 6.22. The number of amides is 1. The van der Waals surface area contributed by atoms with E-state index >= 15 is 0 Å². The molecule has 3 aromatic heterocycles. The fourth-order valence-corrected chi connectivity index (χ4v) is 3.98. The van der Waals surface area contributed by atoms with Crippen molar-refractivity contribution in [1.29, 1.82) is 0 Å². The smallest absolute Gasteiger partial charge is 0.226 e. The molecule has 1 aromatic carbocycles. The Morgan fingerprint density at radius 2 is 2.00 bits per heavy atom. The van der Waals surface area contributed by atoms with Crippen molar-refractivity contribution in [1.82, 2.24) is 15.1 Å². The molecule has 0 spiro atoms. The van der Waals surface area contributed by atoms with Gasteiger partial charge in [0.2, 0.25) is 17.6 Å². The van der Waals surface area contributed by atoms with Crippen LogP contribution in [0.3, 0.4) is 0 Å². The number of aryl methyl sites for hydroxylation is 2.